The Bertz CT molecular complexity index is 535. The standard InChI is InChI=1S/C16H21N3O2/c1-2-5-13(6-3-1)12-20-10-8-15-18-16(19-21-15)14-7-4-9-17-11-14/h1-3,5-6,14,17H,4,7-12H2. The highest BCUT2D eigenvalue weighted by atomic mass is 16.5. The van der Waals surface area contributed by atoms with E-state index in [1.807, 2.05) is 18.2 Å². The summed E-state index contributed by atoms with van der Waals surface area (Å²) < 4.78 is 10.9. The summed E-state index contributed by atoms with van der Waals surface area (Å²) in [6.45, 7) is 3.26. The molecular formula is C16H21N3O2. The van der Waals surface area contributed by atoms with Crippen LogP contribution in [0, 0.1) is 0 Å². The van der Waals surface area contributed by atoms with Gasteiger partial charge >= 0.3 is 0 Å². The Hall–Kier alpha value is -1.72. The maximum Gasteiger partial charge on any atom is 0.228 e. The van der Waals surface area contributed by atoms with Crippen molar-refractivity contribution in [3.63, 3.8) is 0 Å². The Morgan fingerprint density at radius 2 is 2.19 bits per heavy atom. The first-order valence-corrected chi connectivity index (χ1v) is 7.56. The van der Waals surface area contributed by atoms with Gasteiger partial charge in [0.25, 0.3) is 0 Å². The first kappa shape index (κ1) is 14.2. The van der Waals surface area contributed by atoms with E-state index in [2.05, 4.69) is 27.6 Å². The fourth-order valence-electron chi connectivity index (χ4n) is 2.53. The Morgan fingerprint density at radius 1 is 1.29 bits per heavy atom. The van der Waals surface area contributed by atoms with Crippen molar-refractivity contribution in [2.45, 2.75) is 31.8 Å². The third-order valence-corrected chi connectivity index (χ3v) is 3.72. The van der Waals surface area contributed by atoms with E-state index < -0.39 is 0 Å². The number of hydrogen-bond acceptors (Lipinski definition) is 5. The molecule has 0 saturated carbocycles. The molecule has 1 N–H and O–H groups in total. The molecule has 112 valence electrons. The van der Waals surface area contributed by atoms with E-state index in [4.69, 9.17) is 9.26 Å². The van der Waals surface area contributed by atoms with Gasteiger partial charge in [0.05, 0.1) is 19.6 Å². The van der Waals surface area contributed by atoms with Gasteiger partial charge in [-0.15, -0.1) is 0 Å². The van der Waals surface area contributed by atoms with Gasteiger partial charge in [-0.1, -0.05) is 35.5 Å². The van der Waals surface area contributed by atoms with Crippen LogP contribution >= 0.6 is 0 Å². The first-order chi connectivity index (χ1) is 10.4. The van der Waals surface area contributed by atoms with Crippen molar-refractivity contribution >= 4 is 0 Å². The second kappa shape index (κ2) is 7.33. The molecular weight excluding hydrogens is 266 g/mol. The molecule has 2 aromatic rings. The summed E-state index contributed by atoms with van der Waals surface area (Å²) >= 11 is 0. The second-order valence-corrected chi connectivity index (χ2v) is 5.38. The lowest BCUT2D eigenvalue weighted by Crippen LogP contribution is -2.28. The smallest absolute Gasteiger partial charge is 0.228 e. The zero-order valence-corrected chi connectivity index (χ0v) is 12.1. The third-order valence-electron chi connectivity index (χ3n) is 3.72. The van der Waals surface area contributed by atoms with Gasteiger partial charge in [0.2, 0.25) is 5.89 Å². The van der Waals surface area contributed by atoms with Crippen LogP contribution in [0.25, 0.3) is 0 Å². The molecule has 2 heterocycles. The number of benzene rings is 1. The minimum atomic E-state index is 0.390. The van der Waals surface area contributed by atoms with E-state index in [1.165, 1.54) is 12.0 Å². The first-order valence-electron chi connectivity index (χ1n) is 7.56. The van der Waals surface area contributed by atoms with E-state index in [0.29, 0.717) is 31.4 Å². The molecule has 21 heavy (non-hydrogen) atoms. The molecule has 1 aliphatic rings. The Morgan fingerprint density at radius 3 is 3.00 bits per heavy atom. The number of nitrogens with zero attached hydrogens (tertiary/aromatic N) is 2. The van der Waals surface area contributed by atoms with Crippen LogP contribution in [-0.2, 0) is 17.8 Å². The van der Waals surface area contributed by atoms with Crippen molar-refractivity contribution < 1.29 is 9.26 Å². The lowest BCUT2D eigenvalue weighted by Gasteiger charge is -2.19. The fraction of sp³-hybridized carbons (Fsp3) is 0.500. The van der Waals surface area contributed by atoms with Crippen LogP contribution in [0.15, 0.2) is 34.9 Å². The Kier molecular flexibility index (Phi) is 4.97. The molecule has 1 aromatic heterocycles. The average Bonchev–Trinajstić information content (AvgIpc) is 3.02. The third kappa shape index (κ3) is 4.12. The van der Waals surface area contributed by atoms with E-state index in [9.17, 15) is 0 Å². The largest absolute Gasteiger partial charge is 0.376 e. The zero-order chi connectivity index (χ0) is 14.3. The Balaban J connectivity index is 1.42. The average molecular weight is 287 g/mol. The molecule has 1 aromatic carbocycles. The van der Waals surface area contributed by atoms with Crippen molar-refractivity contribution in [3.05, 3.63) is 47.6 Å². The summed E-state index contributed by atoms with van der Waals surface area (Å²) in [5, 5.41) is 7.46. The maximum absolute atomic E-state index is 5.64. The molecule has 1 saturated heterocycles. The molecule has 1 aliphatic heterocycles. The SMILES string of the molecule is c1ccc(COCCc2nc(C3CCCNC3)no2)cc1. The molecule has 0 aliphatic carbocycles. The van der Waals surface area contributed by atoms with Crippen molar-refractivity contribution in [3.8, 4) is 0 Å². The van der Waals surface area contributed by atoms with Gasteiger partial charge in [0.1, 0.15) is 0 Å². The predicted octanol–water partition coefficient (Wildman–Crippen LogP) is 2.30. The molecule has 0 amide bonds. The second-order valence-electron chi connectivity index (χ2n) is 5.38. The normalized spacial score (nSPS) is 18.8. The molecule has 0 radical (unpaired) electrons. The van der Waals surface area contributed by atoms with Crippen LogP contribution < -0.4 is 5.32 Å². The molecule has 1 fully saturated rings. The maximum atomic E-state index is 5.64. The number of hydrogen-bond donors (Lipinski definition) is 1. The van der Waals surface area contributed by atoms with E-state index >= 15 is 0 Å². The molecule has 1 unspecified atom stereocenters. The van der Waals surface area contributed by atoms with Gasteiger partial charge in [0, 0.05) is 12.5 Å². The summed E-state index contributed by atoms with van der Waals surface area (Å²) in [6.07, 6.45) is 2.98. The van der Waals surface area contributed by atoms with Gasteiger partial charge < -0.3 is 14.6 Å². The number of nitrogens with one attached hydrogen (secondary N) is 1. The number of ether oxygens (including phenoxy) is 1. The minimum absolute atomic E-state index is 0.390. The highest BCUT2D eigenvalue weighted by Crippen LogP contribution is 2.20. The monoisotopic (exact) mass is 287 g/mol. The summed E-state index contributed by atoms with van der Waals surface area (Å²) in [4.78, 5) is 4.48. The van der Waals surface area contributed by atoms with Crippen LogP contribution in [0.2, 0.25) is 0 Å². The van der Waals surface area contributed by atoms with Gasteiger partial charge in [-0.05, 0) is 24.9 Å². The number of aromatic nitrogens is 2. The van der Waals surface area contributed by atoms with Crippen LogP contribution in [0.1, 0.15) is 36.0 Å². The highest BCUT2D eigenvalue weighted by Gasteiger charge is 2.20. The van der Waals surface area contributed by atoms with E-state index in [0.717, 1.165) is 25.3 Å². The molecule has 1 atom stereocenters. The summed E-state index contributed by atoms with van der Waals surface area (Å²) in [6, 6.07) is 10.1. The van der Waals surface area contributed by atoms with Crippen LogP contribution in [-0.4, -0.2) is 29.8 Å². The zero-order valence-electron chi connectivity index (χ0n) is 12.1. The number of rotatable bonds is 6. The van der Waals surface area contributed by atoms with Crippen molar-refractivity contribution in [2.24, 2.45) is 0 Å². The lowest BCUT2D eigenvalue weighted by atomic mass is 9.99. The lowest BCUT2D eigenvalue weighted by molar-refractivity contribution is 0.118. The Labute approximate surface area is 124 Å². The van der Waals surface area contributed by atoms with Crippen molar-refractivity contribution in [2.75, 3.05) is 19.7 Å². The molecule has 0 bridgehead atoms. The number of piperidine rings is 1. The van der Waals surface area contributed by atoms with Gasteiger partial charge in [0.15, 0.2) is 5.82 Å². The van der Waals surface area contributed by atoms with Crippen LogP contribution in [0.5, 0.6) is 0 Å². The molecule has 5 nitrogen and oxygen atoms in total. The van der Waals surface area contributed by atoms with E-state index in [-0.39, 0.29) is 0 Å². The van der Waals surface area contributed by atoms with Gasteiger partial charge in [-0.3, -0.25) is 0 Å². The quantitative estimate of drug-likeness (QED) is 0.826. The summed E-state index contributed by atoms with van der Waals surface area (Å²) in [5.74, 6) is 1.89. The summed E-state index contributed by atoms with van der Waals surface area (Å²) in [5.41, 5.74) is 1.18. The van der Waals surface area contributed by atoms with Gasteiger partial charge in [-0.2, -0.15) is 4.98 Å². The van der Waals surface area contributed by atoms with Crippen LogP contribution in [0.3, 0.4) is 0 Å². The molecule has 3 rings (SSSR count). The van der Waals surface area contributed by atoms with Gasteiger partial charge in [-0.25, -0.2) is 0 Å². The van der Waals surface area contributed by atoms with Crippen LogP contribution in [0.4, 0.5) is 0 Å². The van der Waals surface area contributed by atoms with Crippen molar-refractivity contribution in [1.29, 1.82) is 0 Å². The topological polar surface area (TPSA) is 60.2 Å². The minimum Gasteiger partial charge on any atom is -0.376 e. The molecule has 0 spiro atoms. The van der Waals surface area contributed by atoms with E-state index in [1.54, 1.807) is 0 Å². The summed E-state index contributed by atoms with van der Waals surface area (Å²) in [7, 11) is 0. The fourth-order valence-corrected chi connectivity index (χ4v) is 2.53. The van der Waals surface area contributed by atoms with Crippen molar-refractivity contribution in [1.82, 2.24) is 15.5 Å². The predicted molar refractivity (Wildman–Crippen MR) is 78.9 cm³/mol. The highest BCUT2D eigenvalue weighted by molar-refractivity contribution is 5.13. The molecule has 5 heteroatoms.